The van der Waals surface area contributed by atoms with Gasteiger partial charge in [0.1, 0.15) is 5.69 Å². The maximum Gasteiger partial charge on any atom is 0.268 e. The molecule has 1 heterocycles. The van der Waals surface area contributed by atoms with E-state index < -0.39 is 0 Å². The Labute approximate surface area is 126 Å². The second kappa shape index (κ2) is 5.72. The molecule has 0 spiro atoms. The van der Waals surface area contributed by atoms with E-state index in [1.807, 2.05) is 31.5 Å². The molecule has 2 rings (SSSR count). The molecule has 3 N–H and O–H groups in total. The number of aromatic nitrogens is 1. The number of ether oxygens (including phenoxy) is 1. The van der Waals surface area contributed by atoms with Crippen molar-refractivity contribution in [3.63, 3.8) is 0 Å². The lowest BCUT2D eigenvalue weighted by molar-refractivity contribution is -0.111. The van der Waals surface area contributed by atoms with Gasteiger partial charge in [-0.15, -0.1) is 0 Å². The predicted octanol–water partition coefficient (Wildman–Crippen LogP) is 2.58. The number of rotatable bonds is 5. The zero-order chi connectivity index (χ0) is 15.8. The van der Waals surface area contributed by atoms with Gasteiger partial charge in [0.25, 0.3) is 5.91 Å². The normalized spacial score (nSPS) is 23.9. The molecule has 21 heavy (non-hydrogen) atoms. The molecular formula is C16H27N3O2. The molecule has 0 bridgehead atoms. The minimum Gasteiger partial charge on any atom is -0.397 e. The average molecular weight is 293 g/mol. The van der Waals surface area contributed by atoms with Gasteiger partial charge >= 0.3 is 0 Å². The summed E-state index contributed by atoms with van der Waals surface area (Å²) in [6.07, 6.45) is 2.90. The van der Waals surface area contributed by atoms with Gasteiger partial charge < -0.3 is 20.4 Å². The maximum absolute atomic E-state index is 12.5. The minimum atomic E-state index is -0.0616. The lowest BCUT2D eigenvalue weighted by Gasteiger charge is -2.51. The van der Waals surface area contributed by atoms with Crippen LogP contribution < -0.4 is 11.1 Å². The molecule has 0 radical (unpaired) electrons. The van der Waals surface area contributed by atoms with Gasteiger partial charge in [-0.1, -0.05) is 13.8 Å². The number of nitrogen functional groups attached to an aromatic ring is 1. The van der Waals surface area contributed by atoms with Crippen LogP contribution in [0, 0.1) is 5.41 Å². The highest BCUT2D eigenvalue weighted by Gasteiger charge is 2.49. The first-order chi connectivity index (χ1) is 9.77. The third-order valence-corrected chi connectivity index (χ3v) is 4.51. The number of carbonyl (C=O) groups is 1. The number of nitrogens with zero attached hydrogens (tertiary/aromatic N) is 1. The number of nitrogens with one attached hydrogen (secondary N) is 1. The van der Waals surface area contributed by atoms with E-state index in [4.69, 9.17) is 10.5 Å². The van der Waals surface area contributed by atoms with Crippen molar-refractivity contribution in [1.29, 1.82) is 0 Å². The zero-order valence-corrected chi connectivity index (χ0v) is 13.6. The summed E-state index contributed by atoms with van der Waals surface area (Å²) < 4.78 is 7.61. The first-order valence-electron chi connectivity index (χ1n) is 7.67. The first kappa shape index (κ1) is 15.9. The van der Waals surface area contributed by atoms with Crippen LogP contribution in [-0.2, 0) is 4.74 Å². The molecule has 2 unspecified atom stereocenters. The summed E-state index contributed by atoms with van der Waals surface area (Å²) in [6, 6.07) is 2.08. The quantitative estimate of drug-likeness (QED) is 0.876. The van der Waals surface area contributed by atoms with Gasteiger partial charge in [-0.25, -0.2) is 0 Å². The Bertz CT molecular complexity index is 520. The molecule has 5 nitrogen and oxygen atoms in total. The standard InChI is InChI=1S/C16H27N3O2/c1-6-21-14-8-13(16(14,4)5)18-15(20)12-7-11(17)9-19(12)10(2)3/h7,9-10,13-14H,6,8,17H2,1-5H3,(H,18,20). The van der Waals surface area contributed by atoms with Crippen molar-refractivity contribution < 1.29 is 9.53 Å². The van der Waals surface area contributed by atoms with Crippen molar-refractivity contribution in [2.75, 3.05) is 12.3 Å². The molecule has 1 fully saturated rings. The molecule has 5 heteroatoms. The molecule has 1 aliphatic carbocycles. The molecule has 1 aromatic heterocycles. The van der Waals surface area contributed by atoms with Crippen LogP contribution in [0.4, 0.5) is 5.69 Å². The molecule has 1 saturated carbocycles. The third-order valence-electron chi connectivity index (χ3n) is 4.51. The second-order valence-corrected chi connectivity index (χ2v) is 6.69. The largest absolute Gasteiger partial charge is 0.397 e. The monoisotopic (exact) mass is 293 g/mol. The summed E-state index contributed by atoms with van der Waals surface area (Å²) in [5, 5.41) is 3.12. The zero-order valence-electron chi connectivity index (χ0n) is 13.6. The van der Waals surface area contributed by atoms with E-state index in [1.54, 1.807) is 6.07 Å². The SMILES string of the molecule is CCOC1CC(NC(=O)c2cc(N)cn2C(C)C)C1(C)C. The Hall–Kier alpha value is -1.49. The second-order valence-electron chi connectivity index (χ2n) is 6.69. The van der Waals surface area contributed by atoms with Crippen molar-refractivity contribution in [3.8, 4) is 0 Å². The fourth-order valence-corrected chi connectivity index (χ4v) is 2.96. The fraction of sp³-hybridized carbons (Fsp3) is 0.688. The summed E-state index contributed by atoms with van der Waals surface area (Å²) in [5.74, 6) is -0.0616. The van der Waals surface area contributed by atoms with Crippen molar-refractivity contribution in [2.24, 2.45) is 5.41 Å². The molecule has 2 atom stereocenters. The van der Waals surface area contributed by atoms with Crippen molar-refractivity contribution >= 4 is 11.6 Å². The van der Waals surface area contributed by atoms with Crippen LogP contribution in [0.2, 0.25) is 0 Å². The fourth-order valence-electron chi connectivity index (χ4n) is 2.96. The molecular weight excluding hydrogens is 266 g/mol. The van der Waals surface area contributed by atoms with Gasteiger partial charge in [-0.2, -0.15) is 0 Å². The summed E-state index contributed by atoms with van der Waals surface area (Å²) in [4.78, 5) is 12.5. The first-order valence-corrected chi connectivity index (χ1v) is 7.67. The Balaban J connectivity index is 2.07. The number of nitrogens with two attached hydrogens (primary N) is 1. The van der Waals surface area contributed by atoms with Gasteiger partial charge in [-0.05, 0) is 33.3 Å². The molecule has 0 aromatic carbocycles. The highest BCUT2D eigenvalue weighted by Crippen LogP contribution is 2.42. The molecule has 1 amide bonds. The number of anilines is 1. The van der Waals surface area contributed by atoms with Crippen LogP contribution >= 0.6 is 0 Å². The van der Waals surface area contributed by atoms with E-state index in [0.29, 0.717) is 18.0 Å². The van der Waals surface area contributed by atoms with E-state index in [1.165, 1.54) is 0 Å². The Morgan fingerprint density at radius 3 is 2.76 bits per heavy atom. The summed E-state index contributed by atoms with van der Waals surface area (Å²) in [7, 11) is 0. The van der Waals surface area contributed by atoms with Gasteiger partial charge in [0.2, 0.25) is 0 Å². The van der Waals surface area contributed by atoms with Crippen molar-refractivity contribution in [2.45, 2.75) is 59.2 Å². The van der Waals surface area contributed by atoms with Crippen LogP contribution in [0.15, 0.2) is 12.3 Å². The van der Waals surface area contributed by atoms with Crippen LogP contribution in [0.3, 0.4) is 0 Å². The Kier molecular flexibility index (Phi) is 4.33. The van der Waals surface area contributed by atoms with E-state index in [0.717, 1.165) is 6.42 Å². The molecule has 118 valence electrons. The number of hydrogen-bond donors (Lipinski definition) is 2. The molecule has 0 aliphatic heterocycles. The lowest BCUT2D eigenvalue weighted by Crippen LogP contribution is -2.62. The number of hydrogen-bond acceptors (Lipinski definition) is 3. The average Bonchev–Trinajstić information content (AvgIpc) is 2.80. The van der Waals surface area contributed by atoms with Gasteiger partial charge in [0.15, 0.2) is 0 Å². The summed E-state index contributed by atoms with van der Waals surface area (Å²) >= 11 is 0. The van der Waals surface area contributed by atoms with Gasteiger partial charge in [0, 0.05) is 30.3 Å². The number of amides is 1. The van der Waals surface area contributed by atoms with E-state index in [-0.39, 0.29) is 29.5 Å². The predicted molar refractivity (Wildman–Crippen MR) is 84.3 cm³/mol. The Morgan fingerprint density at radius 2 is 2.24 bits per heavy atom. The summed E-state index contributed by atoms with van der Waals surface area (Å²) in [6.45, 7) is 11.1. The van der Waals surface area contributed by atoms with E-state index in [9.17, 15) is 4.79 Å². The molecule has 1 aromatic rings. The third kappa shape index (κ3) is 2.93. The smallest absolute Gasteiger partial charge is 0.268 e. The lowest BCUT2D eigenvalue weighted by atomic mass is 9.64. The maximum atomic E-state index is 12.5. The van der Waals surface area contributed by atoms with Crippen LogP contribution in [0.5, 0.6) is 0 Å². The van der Waals surface area contributed by atoms with Gasteiger partial charge in [-0.3, -0.25) is 4.79 Å². The van der Waals surface area contributed by atoms with Crippen LogP contribution in [0.25, 0.3) is 0 Å². The van der Waals surface area contributed by atoms with Crippen LogP contribution in [-0.4, -0.2) is 29.2 Å². The molecule has 1 aliphatic rings. The highest BCUT2D eigenvalue weighted by atomic mass is 16.5. The number of carbonyl (C=O) groups excluding carboxylic acids is 1. The minimum absolute atomic E-state index is 0.0352. The highest BCUT2D eigenvalue weighted by molar-refractivity contribution is 5.94. The van der Waals surface area contributed by atoms with Crippen LogP contribution in [0.1, 0.15) is 57.6 Å². The van der Waals surface area contributed by atoms with Gasteiger partial charge in [0.05, 0.1) is 11.8 Å². The van der Waals surface area contributed by atoms with Crippen molar-refractivity contribution in [3.05, 3.63) is 18.0 Å². The topological polar surface area (TPSA) is 69.3 Å². The Morgan fingerprint density at radius 1 is 1.57 bits per heavy atom. The van der Waals surface area contributed by atoms with E-state index in [2.05, 4.69) is 19.2 Å². The van der Waals surface area contributed by atoms with Crippen molar-refractivity contribution in [1.82, 2.24) is 9.88 Å². The molecule has 0 saturated heterocycles. The van der Waals surface area contributed by atoms with E-state index >= 15 is 0 Å². The summed E-state index contributed by atoms with van der Waals surface area (Å²) in [5.41, 5.74) is 7.03.